The van der Waals surface area contributed by atoms with Crippen LogP contribution in [0.25, 0.3) is 0 Å². The van der Waals surface area contributed by atoms with Gasteiger partial charge in [-0.05, 0) is 18.4 Å². The summed E-state index contributed by atoms with van der Waals surface area (Å²) in [5.41, 5.74) is 0.632. The molecule has 0 aliphatic rings. The number of rotatable bonds is 6. The molecule has 1 unspecified atom stereocenters. The normalized spacial score (nSPS) is 12.9. The Morgan fingerprint density at radius 1 is 1.24 bits per heavy atom. The first-order chi connectivity index (χ1) is 8.04. The van der Waals surface area contributed by atoms with E-state index < -0.39 is 0 Å². The third-order valence-corrected chi connectivity index (χ3v) is 2.66. The summed E-state index contributed by atoms with van der Waals surface area (Å²) in [6.45, 7) is 4.68. The van der Waals surface area contributed by atoms with Gasteiger partial charge in [-0.1, -0.05) is 26.0 Å². The Morgan fingerprint density at radius 2 is 1.94 bits per heavy atom. The lowest BCUT2D eigenvalue weighted by Crippen LogP contribution is -2.33. The van der Waals surface area contributed by atoms with Crippen LogP contribution in [0.4, 0.5) is 0 Å². The maximum absolute atomic E-state index is 9.61. The predicted octanol–water partition coefficient (Wildman–Crippen LogP) is 1.59. The molecule has 17 heavy (non-hydrogen) atoms. The van der Waals surface area contributed by atoms with E-state index in [9.17, 15) is 15.3 Å². The molecule has 1 aromatic carbocycles. The summed E-state index contributed by atoms with van der Waals surface area (Å²) in [6, 6.07) is 4.88. The molecule has 96 valence electrons. The summed E-state index contributed by atoms with van der Waals surface area (Å²) in [5.74, 6) is 0.285. The molecule has 4 heteroatoms. The number of nitrogens with one attached hydrogen (secondary N) is 1. The maximum atomic E-state index is 9.61. The third kappa shape index (κ3) is 4.24. The molecule has 0 saturated heterocycles. The van der Waals surface area contributed by atoms with Crippen molar-refractivity contribution in [2.75, 3.05) is 6.61 Å². The van der Waals surface area contributed by atoms with Crippen LogP contribution in [0.5, 0.6) is 11.5 Å². The molecular formula is C13H21NO3. The molecule has 0 bridgehead atoms. The van der Waals surface area contributed by atoms with Crippen LogP contribution in [0, 0.1) is 5.92 Å². The van der Waals surface area contributed by atoms with Crippen molar-refractivity contribution in [1.82, 2.24) is 5.32 Å². The van der Waals surface area contributed by atoms with E-state index in [1.165, 1.54) is 6.07 Å². The van der Waals surface area contributed by atoms with Crippen molar-refractivity contribution < 1.29 is 15.3 Å². The van der Waals surface area contributed by atoms with Gasteiger partial charge in [-0.3, -0.25) is 0 Å². The van der Waals surface area contributed by atoms with Gasteiger partial charge < -0.3 is 20.6 Å². The zero-order valence-corrected chi connectivity index (χ0v) is 10.3. The van der Waals surface area contributed by atoms with Crippen molar-refractivity contribution >= 4 is 0 Å². The lowest BCUT2D eigenvalue weighted by molar-refractivity contribution is 0.223. The van der Waals surface area contributed by atoms with Crippen LogP contribution in [0.1, 0.15) is 25.8 Å². The lowest BCUT2D eigenvalue weighted by atomic mass is 10.0. The van der Waals surface area contributed by atoms with Crippen molar-refractivity contribution in [3.8, 4) is 11.5 Å². The smallest absolute Gasteiger partial charge is 0.161 e. The Hall–Kier alpha value is -1.26. The minimum atomic E-state index is -0.117. The minimum absolute atomic E-state index is 0.0109. The average Bonchev–Trinajstić information content (AvgIpc) is 2.28. The highest BCUT2D eigenvalue weighted by molar-refractivity contribution is 5.44. The van der Waals surface area contributed by atoms with Crippen LogP contribution in [-0.4, -0.2) is 28.0 Å². The molecule has 1 rings (SSSR count). The zero-order chi connectivity index (χ0) is 12.8. The second kappa shape index (κ2) is 6.47. The van der Waals surface area contributed by atoms with Crippen LogP contribution < -0.4 is 5.32 Å². The number of hydrogen-bond acceptors (Lipinski definition) is 4. The molecule has 4 nitrogen and oxygen atoms in total. The predicted molar refractivity (Wildman–Crippen MR) is 66.9 cm³/mol. The summed E-state index contributed by atoms with van der Waals surface area (Å²) in [7, 11) is 0. The lowest BCUT2D eigenvalue weighted by Gasteiger charge is -2.18. The number of aromatic hydroxyl groups is 2. The molecular weight excluding hydrogens is 218 g/mol. The fourth-order valence-electron chi connectivity index (χ4n) is 1.77. The molecule has 1 aromatic rings. The van der Waals surface area contributed by atoms with Crippen molar-refractivity contribution in [1.29, 1.82) is 0 Å². The largest absolute Gasteiger partial charge is 0.504 e. The third-order valence-electron chi connectivity index (χ3n) is 2.66. The van der Waals surface area contributed by atoms with E-state index in [0.29, 0.717) is 18.0 Å². The molecule has 1 atom stereocenters. The Bertz CT molecular complexity index is 353. The van der Waals surface area contributed by atoms with Crippen molar-refractivity contribution in [3.63, 3.8) is 0 Å². The Balaban J connectivity index is 2.56. The van der Waals surface area contributed by atoms with Gasteiger partial charge in [0.15, 0.2) is 11.5 Å². The van der Waals surface area contributed by atoms with Crippen molar-refractivity contribution in [2.24, 2.45) is 5.92 Å². The van der Waals surface area contributed by atoms with Crippen LogP contribution >= 0.6 is 0 Å². The first-order valence-corrected chi connectivity index (χ1v) is 5.88. The van der Waals surface area contributed by atoms with Gasteiger partial charge in [-0.25, -0.2) is 0 Å². The highest BCUT2D eigenvalue weighted by atomic mass is 16.3. The van der Waals surface area contributed by atoms with E-state index in [0.717, 1.165) is 6.42 Å². The quantitative estimate of drug-likeness (QED) is 0.569. The van der Waals surface area contributed by atoms with Crippen LogP contribution in [0.2, 0.25) is 0 Å². The van der Waals surface area contributed by atoms with Gasteiger partial charge >= 0.3 is 0 Å². The minimum Gasteiger partial charge on any atom is -0.504 e. The van der Waals surface area contributed by atoms with Crippen molar-refractivity contribution in [3.05, 3.63) is 23.8 Å². The molecule has 0 heterocycles. The standard InChI is InChI=1S/C13H21NO3/c1-9(2)6-11(8-15)14-7-10-4-3-5-12(16)13(10)17/h3-5,9,11,14-17H,6-8H2,1-2H3. The topological polar surface area (TPSA) is 72.7 Å². The molecule has 0 fully saturated rings. The summed E-state index contributed by atoms with van der Waals surface area (Å²) in [6.07, 6.45) is 0.871. The molecule has 0 aliphatic carbocycles. The van der Waals surface area contributed by atoms with Gasteiger partial charge in [-0.15, -0.1) is 0 Å². The first-order valence-electron chi connectivity index (χ1n) is 5.88. The maximum Gasteiger partial charge on any atom is 0.161 e. The van der Waals surface area contributed by atoms with Crippen LogP contribution in [0.15, 0.2) is 18.2 Å². The highest BCUT2D eigenvalue weighted by Gasteiger charge is 2.11. The van der Waals surface area contributed by atoms with Gasteiger partial charge in [0.1, 0.15) is 0 Å². The molecule has 0 spiro atoms. The number of aliphatic hydroxyl groups excluding tert-OH is 1. The highest BCUT2D eigenvalue weighted by Crippen LogP contribution is 2.28. The van der Waals surface area contributed by atoms with Gasteiger partial charge in [0.2, 0.25) is 0 Å². The number of benzene rings is 1. The fourth-order valence-corrected chi connectivity index (χ4v) is 1.77. The van der Waals surface area contributed by atoms with E-state index in [2.05, 4.69) is 19.2 Å². The van der Waals surface area contributed by atoms with Crippen LogP contribution in [0.3, 0.4) is 0 Å². The van der Waals surface area contributed by atoms with Gasteiger partial charge in [0.05, 0.1) is 6.61 Å². The fraction of sp³-hybridized carbons (Fsp3) is 0.538. The second-order valence-corrected chi connectivity index (χ2v) is 4.67. The van der Waals surface area contributed by atoms with Gasteiger partial charge in [0, 0.05) is 18.2 Å². The van der Waals surface area contributed by atoms with Gasteiger partial charge in [0.25, 0.3) is 0 Å². The number of phenolic OH excluding ortho intramolecular Hbond substituents is 2. The number of para-hydroxylation sites is 1. The van der Waals surface area contributed by atoms with E-state index in [4.69, 9.17) is 0 Å². The van der Waals surface area contributed by atoms with Crippen LogP contribution in [-0.2, 0) is 6.54 Å². The Kier molecular flexibility index (Phi) is 5.25. The van der Waals surface area contributed by atoms with Crippen molar-refractivity contribution in [2.45, 2.75) is 32.9 Å². The van der Waals surface area contributed by atoms with E-state index in [1.54, 1.807) is 12.1 Å². The Labute approximate surface area is 102 Å². The summed E-state index contributed by atoms with van der Waals surface area (Å²) >= 11 is 0. The monoisotopic (exact) mass is 239 g/mol. The molecule has 0 aromatic heterocycles. The number of aliphatic hydroxyl groups is 1. The zero-order valence-electron chi connectivity index (χ0n) is 10.3. The number of hydrogen-bond donors (Lipinski definition) is 4. The van der Waals surface area contributed by atoms with Gasteiger partial charge in [-0.2, -0.15) is 0 Å². The first kappa shape index (κ1) is 13.8. The Morgan fingerprint density at radius 3 is 2.53 bits per heavy atom. The second-order valence-electron chi connectivity index (χ2n) is 4.67. The number of phenols is 2. The molecule has 4 N–H and O–H groups in total. The SMILES string of the molecule is CC(C)CC(CO)NCc1cccc(O)c1O. The molecule has 0 radical (unpaired) electrons. The molecule has 0 saturated carbocycles. The van der Waals surface area contributed by atoms with E-state index in [-0.39, 0.29) is 24.1 Å². The molecule has 0 amide bonds. The van der Waals surface area contributed by atoms with E-state index in [1.807, 2.05) is 0 Å². The summed E-state index contributed by atoms with van der Waals surface area (Å²) in [4.78, 5) is 0. The summed E-state index contributed by atoms with van der Waals surface area (Å²) in [5, 5.41) is 31.3. The average molecular weight is 239 g/mol. The molecule has 0 aliphatic heterocycles. The summed E-state index contributed by atoms with van der Waals surface area (Å²) < 4.78 is 0. The van der Waals surface area contributed by atoms with E-state index >= 15 is 0 Å².